The molecule has 62 valence electrons. The molecule has 0 bridgehead atoms. The van der Waals surface area contributed by atoms with Crippen LogP contribution >= 0.6 is 0 Å². The Morgan fingerprint density at radius 1 is 1.75 bits per heavy atom. The maximum atomic E-state index is 4.03. The Hall–Kier alpha value is -1.71. The molecule has 0 aromatic carbocycles. The van der Waals surface area contributed by atoms with E-state index in [1.54, 1.807) is 31.6 Å². The van der Waals surface area contributed by atoms with E-state index in [1.807, 2.05) is 0 Å². The van der Waals surface area contributed by atoms with Gasteiger partial charge in [0.05, 0.1) is 0 Å². The minimum absolute atomic E-state index is 0.678. The number of hydrogen-bond acceptors (Lipinski definition) is 3. The maximum absolute atomic E-state index is 4.03. The number of imidazole rings is 1. The number of aromatic nitrogens is 2. The third-order valence-electron chi connectivity index (χ3n) is 1.22. The van der Waals surface area contributed by atoms with Gasteiger partial charge in [-0.15, -0.1) is 0 Å². The van der Waals surface area contributed by atoms with Crippen molar-refractivity contribution < 1.29 is 0 Å². The van der Waals surface area contributed by atoms with Crippen LogP contribution in [0, 0.1) is 0 Å². The molecule has 0 aliphatic rings. The van der Waals surface area contributed by atoms with Crippen molar-refractivity contribution in [1.82, 2.24) is 9.97 Å². The van der Waals surface area contributed by atoms with Crippen molar-refractivity contribution in [3.8, 4) is 0 Å². The van der Waals surface area contributed by atoms with E-state index in [4.69, 9.17) is 0 Å². The van der Waals surface area contributed by atoms with Crippen LogP contribution in [0.2, 0.25) is 0 Å². The van der Waals surface area contributed by atoms with E-state index in [0.29, 0.717) is 11.5 Å². The predicted octanol–water partition coefficient (Wildman–Crippen LogP) is 2.02. The van der Waals surface area contributed by atoms with Gasteiger partial charge in [-0.3, -0.25) is 0 Å². The van der Waals surface area contributed by atoms with Gasteiger partial charge >= 0.3 is 0 Å². The molecule has 0 amide bonds. The van der Waals surface area contributed by atoms with Crippen LogP contribution in [-0.2, 0) is 0 Å². The lowest BCUT2D eigenvalue weighted by Crippen LogP contribution is -1.82. The molecule has 1 N–H and O–H groups in total. The molecule has 1 rings (SSSR count). The van der Waals surface area contributed by atoms with Gasteiger partial charge in [-0.2, -0.15) is 10.2 Å². The zero-order valence-corrected chi connectivity index (χ0v) is 6.86. The van der Waals surface area contributed by atoms with Crippen molar-refractivity contribution in [3.63, 3.8) is 0 Å². The fourth-order valence-electron chi connectivity index (χ4n) is 0.784. The summed E-state index contributed by atoms with van der Waals surface area (Å²) in [7, 11) is 1.61. The van der Waals surface area contributed by atoms with E-state index in [1.165, 1.54) is 0 Å². The Morgan fingerprint density at radius 3 is 3.08 bits per heavy atom. The van der Waals surface area contributed by atoms with Crippen molar-refractivity contribution in [3.05, 3.63) is 36.9 Å². The Bertz CT molecular complexity index is 295. The normalized spacial score (nSPS) is 12.2. The van der Waals surface area contributed by atoms with Gasteiger partial charge in [0.1, 0.15) is 5.70 Å². The molecule has 0 fully saturated rings. The molecule has 0 radical (unpaired) electrons. The summed E-state index contributed by atoms with van der Waals surface area (Å²) < 4.78 is 0. The SMILES string of the molecule is C=C/C=C(\N=NC)c1ncc[nH]1. The smallest absolute Gasteiger partial charge is 0.157 e. The first-order valence-electron chi connectivity index (χ1n) is 3.50. The summed E-state index contributed by atoms with van der Waals surface area (Å²) in [5.41, 5.74) is 0.678. The monoisotopic (exact) mass is 162 g/mol. The number of nitrogens with one attached hydrogen (secondary N) is 1. The molecule has 0 aliphatic heterocycles. The maximum Gasteiger partial charge on any atom is 0.157 e. The molecular weight excluding hydrogens is 152 g/mol. The quantitative estimate of drug-likeness (QED) is 0.536. The number of rotatable bonds is 3. The van der Waals surface area contributed by atoms with Gasteiger partial charge in [-0.25, -0.2) is 4.98 Å². The molecule has 4 nitrogen and oxygen atoms in total. The average Bonchev–Trinajstić information content (AvgIpc) is 2.56. The molecule has 1 aromatic rings. The number of allylic oxidation sites excluding steroid dienone is 2. The second-order valence-corrected chi connectivity index (χ2v) is 2.03. The van der Waals surface area contributed by atoms with Gasteiger partial charge in [0, 0.05) is 19.4 Å². The zero-order chi connectivity index (χ0) is 8.81. The van der Waals surface area contributed by atoms with Crippen LogP contribution in [0.1, 0.15) is 5.82 Å². The lowest BCUT2D eigenvalue weighted by atomic mass is 10.4. The lowest BCUT2D eigenvalue weighted by Gasteiger charge is -1.91. The summed E-state index contributed by atoms with van der Waals surface area (Å²) in [6.45, 7) is 3.57. The molecule has 1 aromatic heterocycles. The van der Waals surface area contributed by atoms with E-state index >= 15 is 0 Å². The molecule has 1 heterocycles. The van der Waals surface area contributed by atoms with Crippen molar-refractivity contribution in [2.45, 2.75) is 0 Å². The molecule has 0 unspecified atom stereocenters. The van der Waals surface area contributed by atoms with Crippen LogP contribution < -0.4 is 0 Å². The van der Waals surface area contributed by atoms with E-state index in [0.717, 1.165) is 0 Å². The van der Waals surface area contributed by atoms with Crippen LogP contribution in [0.25, 0.3) is 5.70 Å². The topological polar surface area (TPSA) is 53.4 Å². The van der Waals surface area contributed by atoms with Gasteiger partial charge in [0.15, 0.2) is 5.82 Å². The minimum Gasteiger partial charge on any atom is -0.343 e. The molecule has 4 heteroatoms. The van der Waals surface area contributed by atoms with Gasteiger partial charge < -0.3 is 4.98 Å². The highest BCUT2D eigenvalue weighted by Gasteiger charge is 1.99. The van der Waals surface area contributed by atoms with E-state index in [2.05, 4.69) is 26.8 Å². The van der Waals surface area contributed by atoms with E-state index in [-0.39, 0.29) is 0 Å². The highest BCUT2D eigenvalue weighted by molar-refractivity contribution is 5.59. The second-order valence-electron chi connectivity index (χ2n) is 2.03. The summed E-state index contributed by atoms with van der Waals surface area (Å²) in [6.07, 6.45) is 6.78. The molecule has 0 aliphatic carbocycles. The third-order valence-corrected chi connectivity index (χ3v) is 1.22. The first kappa shape index (κ1) is 8.39. The van der Waals surface area contributed by atoms with Crippen molar-refractivity contribution in [2.75, 3.05) is 7.05 Å². The van der Waals surface area contributed by atoms with Gasteiger partial charge in [0.2, 0.25) is 0 Å². The summed E-state index contributed by atoms with van der Waals surface area (Å²) in [5.74, 6) is 0.695. The Kier molecular flexibility index (Phi) is 2.95. The Morgan fingerprint density at radius 2 is 2.58 bits per heavy atom. The van der Waals surface area contributed by atoms with Crippen LogP contribution in [-0.4, -0.2) is 17.0 Å². The molecule has 12 heavy (non-hydrogen) atoms. The lowest BCUT2D eigenvalue weighted by molar-refractivity contribution is 1.12. The van der Waals surface area contributed by atoms with Crippen LogP contribution in [0.15, 0.2) is 41.4 Å². The molecular formula is C8H10N4. The van der Waals surface area contributed by atoms with Crippen LogP contribution in [0.5, 0.6) is 0 Å². The summed E-state index contributed by atoms with van der Waals surface area (Å²) >= 11 is 0. The summed E-state index contributed by atoms with van der Waals surface area (Å²) in [6, 6.07) is 0. The molecule has 0 saturated carbocycles. The number of hydrogen-bond donors (Lipinski definition) is 1. The van der Waals surface area contributed by atoms with E-state index < -0.39 is 0 Å². The third kappa shape index (κ3) is 1.88. The molecule has 0 atom stereocenters. The highest BCUT2D eigenvalue weighted by atomic mass is 15.1. The second kappa shape index (κ2) is 4.23. The van der Waals surface area contributed by atoms with Crippen LogP contribution in [0.4, 0.5) is 0 Å². The molecule has 0 spiro atoms. The van der Waals surface area contributed by atoms with Gasteiger partial charge in [-0.05, 0) is 6.08 Å². The van der Waals surface area contributed by atoms with E-state index in [9.17, 15) is 0 Å². The summed E-state index contributed by atoms with van der Waals surface area (Å²) in [5, 5.41) is 7.54. The fourth-order valence-corrected chi connectivity index (χ4v) is 0.784. The van der Waals surface area contributed by atoms with Crippen molar-refractivity contribution in [2.24, 2.45) is 10.2 Å². The predicted molar refractivity (Wildman–Crippen MR) is 47.5 cm³/mol. The first-order valence-corrected chi connectivity index (χ1v) is 3.50. The standard InChI is InChI=1S/C8H10N4/c1-3-4-7(12-9-2)8-10-5-6-11-8/h3-6H,1H2,2H3,(H,10,11)/b7-4-,12-9?. The van der Waals surface area contributed by atoms with Gasteiger partial charge in [0.25, 0.3) is 0 Å². The number of aromatic amines is 1. The largest absolute Gasteiger partial charge is 0.343 e. The van der Waals surface area contributed by atoms with Crippen LogP contribution in [0.3, 0.4) is 0 Å². The number of azo groups is 1. The molecule has 0 saturated heterocycles. The minimum atomic E-state index is 0.678. The Balaban J connectivity index is 2.95. The first-order chi connectivity index (χ1) is 5.88. The van der Waals surface area contributed by atoms with Crippen molar-refractivity contribution in [1.29, 1.82) is 0 Å². The number of nitrogens with zero attached hydrogens (tertiary/aromatic N) is 3. The van der Waals surface area contributed by atoms with Crippen molar-refractivity contribution >= 4 is 5.70 Å². The van der Waals surface area contributed by atoms with Gasteiger partial charge in [-0.1, -0.05) is 12.7 Å². The highest BCUT2D eigenvalue weighted by Crippen LogP contribution is 2.10. The number of H-pyrrole nitrogens is 1. The summed E-state index contributed by atoms with van der Waals surface area (Å²) in [4.78, 5) is 6.95. The fraction of sp³-hybridized carbons (Fsp3) is 0.125. The average molecular weight is 162 g/mol. The zero-order valence-electron chi connectivity index (χ0n) is 6.86. The Labute approximate surface area is 70.8 Å².